The van der Waals surface area contributed by atoms with E-state index in [-0.39, 0.29) is 13.0 Å². The minimum absolute atomic E-state index is 0.148. The molecule has 0 unspecified atom stereocenters. The van der Waals surface area contributed by atoms with Crippen LogP contribution in [0.3, 0.4) is 0 Å². The van der Waals surface area contributed by atoms with E-state index in [0.29, 0.717) is 41.8 Å². The first-order valence-corrected chi connectivity index (χ1v) is 9.43. The van der Waals surface area contributed by atoms with E-state index < -0.39 is 11.9 Å². The van der Waals surface area contributed by atoms with E-state index in [1.165, 1.54) is 0 Å². The number of anilines is 1. The molecule has 7 heteroatoms. The van der Waals surface area contributed by atoms with Crippen LogP contribution in [0.2, 0.25) is 5.02 Å². The highest BCUT2D eigenvalue weighted by Gasteiger charge is 2.10. The fourth-order valence-electron chi connectivity index (χ4n) is 2.37. The summed E-state index contributed by atoms with van der Waals surface area (Å²) in [4.78, 5) is 23.7. The molecule has 0 atom stereocenters. The van der Waals surface area contributed by atoms with Gasteiger partial charge in [-0.15, -0.1) is 0 Å². The van der Waals surface area contributed by atoms with Crippen LogP contribution in [0.25, 0.3) is 0 Å². The number of para-hydroxylation sites is 2. The van der Waals surface area contributed by atoms with Gasteiger partial charge in [-0.3, -0.25) is 9.59 Å². The maximum Gasteiger partial charge on any atom is 0.306 e. The van der Waals surface area contributed by atoms with Crippen LogP contribution in [-0.2, 0) is 14.3 Å². The van der Waals surface area contributed by atoms with E-state index >= 15 is 0 Å². The van der Waals surface area contributed by atoms with Crippen molar-refractivity contribution in [3.63, 3.8) is 0 Å². The molecule has 0 spiro atoms. The quantitative estimate of drug-likeness (QED) is 0.468. The second kappa shape index (κ2) is 11.2. The van der Waals surface area contributed by atoms with Crippen molar-refractivity contribution in [2.75, 3.05) is 25.1 Å². The summed E-state index contributed by atoms with van der Waals surface area (Å²) in [5, 5.41) is 3.05. The van der Waals surface area contributed by atoms with Crippen LogP contribution in [-0.4, -0.2) is 31.7 Å². The molecule has 2 aromatic rings. The minimum atomic E-state index is -0.466. The number of nitrogens with one attached hydrogen (secondary N) is 1. The first-order chi connectivity index (χ1) is 13.5. The van der Waals surface area contributed by atoms with E-state index in [0.717, 1.165) is 5.56 Å². The fourth-order valence-corrected chi connectivity index (χ4v) is 2.65. The number of hydrogen-bond donors (Lipinski definition) is 1. The minimum Gasteiger partial charge on any atom is -0.490 e. The zero-order chi connectivity index (χ0) is 20.4. The number of carbonyl (C=O) groups is 2. The SMILES string of the molecule is CCOc1ccccc1OCCCC(=O)OCC(=O)Nc1ccc(C)cc1Cl. The molecule has 0 aromatic heterocycles. The van der Waals surface area contributed by atoms with E-state index in [1.807, 2.05) is 44.2 Å². The van der Waals surface area contributed by atoms with E-state index in [4.69, 9.17) is 25.8 Å². The Kier molecular flexibility index (Phi) is 8.62. The summed E-state index contributed by atoms with van der Waals surface area (Å²) in [5.74, 6) is 0.388. The fraction of sp³-hybridized carbons (Fsp3) is 0.333. The summed E-state index contributed by atoms with van der Waals surface area (Å²) < 4.78 is 16.1. The molecule has 1 N–H and O–H groups in total. The summed E-state index contributed by atoms with van der Waals surface area (Å²) >= 11 is 6.06. The van der Waals surface area contributed by atoms with Crippen LogP contribution in [0.1, 0.15) is 25.3 Å². The second-order valence-electron chi connectivity index (χ2n) is 6.02. The molecule has 6 nitrogen and oxygen atoms in total. The van der Waals surface area contributed by atoms with E-state index in [1.54, 1.807) is 12.1 Å². The molecule has 0 saturated heterocycles. The number of benzene rings is 2. The number of esters is 1. The molecule has 2 aromatic carbocycles. The molecule has 2 rings (SSSR count). The summed E-state index contributed by atoms with van der Waals surface area (Å²) in [6, 6.07) is 12.6. The van der Waals surface area contributed by atoms with Gasteiger partial charge in [0, 0.05) is 6.42 Å². The highest BCUT2D eigenvalue weighted by atomic mass is 35.5. The lowest BCUT2D eigenvalue weighted by atomic mass is 10.2. The third-order valence-corrected chi connectivity index (χ3v) is 4.01. The van der Waals surface area contributed by atoms with Crippen molar-refractivity contribution in [1.82, 2.24) is 0 Å². The Balaban J connectivity index is 1.66. The smallest absolute Gasteiger partial charge is 0.306 e. The monoisotopic (exact) mass is 405 g/mol. The molecule has 0 bridgehead atoms. The van der Waals surface area contributed by atoms with Gasteiger partial charge in [0.1, 0.15) is 0 Å². The van der Waals surface area contributed by atoms with Crippen molar-refractivity contribution < 1.29 is 23.8 Å². The molecule has 0 heterocycles. The van der Waals surface area contributed by atoms with Crippen LogP contribution in [0.4, 0.5) is 5.69 Å². The van der Waals surface area contributed by atoms with Crippen molar-refractivity contribution in [1.29, 1.82) is 0 Å². The number of rotatable bonds is 10. The zero-order valence-corrected chi connectivity index (χ0v) is 16.8. The van der Waals surface area contributed by atoms with Gasteiger partial charge in [0.15, 0.2) is 18.1 Å². The van der Waals surface area contributed by atoms with Crippen molar-refractivity contribution in [2.45, 2.75) is 26.7 Å². The Morgan fingerprint density at radius 2 is 1.79 bits per heavy atom. The number of hydrogen-bond acceptors (Lipinski definition) is 5. The molecular weight excluding hydrogens is 382 g/mol. The third-order valence-electron chi connectivity index (χ3n) is 3.69. The Morgan fingerprint density at radius 1 is 1.07 bits per heavy atom. The van der Waals surface area contributed by atoms with Gasteiger partial charge in [-0.05, 0) is 50.1 Å². The molecular formula is C21H24ClNO5. The predicted molar refractivity (Wildman–Crippen MR) is 108 cm³/mol. The molecule has 0 radical (unpaired) electrons. The molecule has 0 fully saturated rings. The maximum atomic E-state index is 11.9. The van der Waals surface area contributed by atoms with Crippen LogP contribution < -0.4 is 14.8 Å². The van der Waals surface area contributed by atoms with Crippen LogP contribution >= 0.6 is 11.6 Å². The van der Waals surface area contributed by atoms with Gasteiger partial charge in [0.25, 0.3) is 5.91 Å². The number of aryl methyl sites for hydroxylation is 1. The topological polar surface area (TPSA) is 73.9 Å². The van der Waals surface area contributed by atoms with Crippen molar-refractivity contribution in [2.24, 2.45) is 0 Å². The van der Waals surface area contributed by atoms with Gasteiger partial charge in [-0.25, -0.2) is 0 Å². The standard InChI is InChI=1S/C21H24ClNO5/c1-3-26-18-7-4-5-8-19(18)27-12-6-9-21(25)28-14-20(24)23-17-11-10-15(2)13-16(17)22/h4-5,7-8,10-11,13H,3,6,9,12,14H2,1-2H3,(H,23,24). The van der Waals surface area contributed by atoms with Crippen molar-refractivity contribution >= 4 is 29.2 Å². The van der Waals surface area contributed by atoms with Gasteiger partial charge >= 0.3 is 5.97 Å². The highest BCUT2D eigenvalue weighted by Crippen LogP contribution is 2.26. The molecule has 1 amide bonds. The lowest BCUT2D eigenvalue weighted by Crippen LogP contribution is -2.21. The Hall–Kier alpha value is -2.73. The zero-order valence-electron chi connectivity index (χ0n) is 16.0. The molecule has 150 valence electrons. The Labute approximate surface area is 169 Å². The Morgan fingerprint density at radius 3 is 2.46 bits per heavy atom. The summed E-state index contributed by atoms with van der Waals surface area (Å²) in [7, 11) is 0. The first-order valence-electron chi connectivity index (χ1n) is 9.06. The number of amides is 1. The largest absolute Gasteiger partial charge is 0.490 e. The van der Waals surface area contributed by atoms with Crippen LogP contribution in [0.15, 0.2) is 42.5 Å². The number of ether oxygens (including phenoxy) is 3. The Bertz CT molecular complexity index is 809. The summed E-state index contributed by atoms with van der Waals surface area (Å²) in [5.41, 5.74) is 1.47. The normalized spacial score (nSPS) is 10.2. The second-order valence-corrected chi connectivity index (χ2v) is 6.43. The first kappa shape index (κ1) is 21.6. The van der Waals surface area contributed by atoms with E-state index in [2.05, 4.69) is 5.32 Å². The van der Waals surface area contributed by atoms with Gasteiger partial charge in [0.2, 0.25) is 0 Å². The molecule has 0 aliphatic carbocycles. The molecule has 0 aliphatic heterocycles. The van der Waals surface area contributed by atoms with Gasteiger partial charge in [-0.1, -0.05) is 29.8 Å². The van der Waals surface area contributed by atoms with E-state index in [9.17, 15) is 9.59 Å². The lowest BCUT2D eigenvalue weighted by molar-refractivity contribution is -0.147. The average Bonchev–Trinajstić information content (AvgIpc) is 2.67. The van der Waals surface area contributed by atoms with Gasteiger partial charge in [0.05, 0.1) is 23.9 Å². The average molecular weight is 406 g/mol. The number of halogens is 1. The van der Waals surface area contributed by atoms with Gasteiger partial charge < -0.3 is 19.5 Å². The lowest BCUT2D eigenvalue weighted by Gasteiger charge is -2.11. The van der Waals surface area contributed by atoms with Crippen molar-refractivity contribution in [3.8, 4) is 11.5 Å². The maximum absolute atomic E-state index is 11.9. The predicted octanol–water partition coefficient (Wildman–Crippen LogP) is 4.39. The molecule has 28 heavy (non-hydrogen) atoms. The van der Waals surface area contributed by atoms with Gasteiger partial charge in [-0.2, -0.15) is 0 Å². The molecule has 0 saturated carbocycles. The van der Waals surface area contributed by atoms with Crippen LogP contribution in [0, 0.1) is 6.92 Å². The summed E-state index contributed by atoms with van der Waals surface area (Å²) in [6.07, 6.45) is 0.611. The number of carbonyl (C=O) groups excluding carboxylic acids is 2. The van der Waals surface area contributed by atoms with Crippen molar-refractivity contribution in [3.05, 3.63) is 53.1 Å². The highest BCUT2D eigenvalue weighted by molar-refractivity contribution is 6.33. The summed E-state index contributed by atoms with van der Waals surface area (Å²) in [6.45, 7) is 4.32. The van der Waals surface area contributed by atoms with Crippen LogP contribution in [0.5, 0.6) is 11.5 Å². The molecule has 0 aliphatic rings. The third kappa shape index (κ3) is 7.12.